The van der Waals surface area contributed by atoms with E-state index in [-0.39, 0.29) is 11.9 Å². The number of nitrogens with one attached hydrogen (secondary N) is 1. The van der Waals surface area contributed by atoms with Crippen molar-refractivity contribution in [1.29, 1.82) is 5.26 Å². The molecule has 3 N–H and O–H groups in total. The van der Waals surface area contributed by atoms with E-state index < -0.39 is 5.54 Å². The number of likely N-dealkylation sites (tertiary alicyclic amines) is 1. The number of hydrogen-bond donors (Lipinski definition) is 2. The number of carbonyl (C=O) groups is 1. The van der Waals surface area contributed by atoms with E-state index in [0.29, 0.717) is 12.5 Å². The fourth-order valence-corrected chi connectivity index (χ4v) is 3.57. The van der Waals surface area contributed by atoms with Crippen molar-refractivity contribution in [3.63, 3.8) is 0 Å². The molecule has 5 heteroatoms. The van der Waals surface area contributed by atoms with E-state index in [0.717, 1.165) is 51.6 Å². The Morgan fingerprint density at radius 3 is 2.52 bits per heavy atom. The first-order valence-corrected chi connectivity index (χ1v) is 8.25. The van der Waals surface area contributed by atoms with Gasteiger partial charge in [-0.25, -0.2) is 0 Å². The predicted molar refractivity (Wildman–Crippen MR) is 82.4 cm³/mol. The molecular weight excluding hydrogens is 264 g/mol. The first kappa shape index (κ1) is 16.3. The summed E-state index contributed by atoms with van der Waals surface area (Å²) in [7, 11) is 0. The van der Waals surface area contributed by atoms with Crippen LogP contribution in [0.5, 0.6) is 0 Å². The minimum absolute atomic E-state index is 0.00213. The molecule has 0 aromatic heterocycles. The van der Waals surface area contributed by atoms with Crippen LogP contribution in [0, 0.1) is 17.2 Å². The standard InChI is InChI=1S/C16H28N4O/c1-13(18)14-5-9-20(10-6-14)11-15(21)19-16(12-17)7-3-2-4-8-16/h13-14H,2-11,18H2,1H3,(H,19,21). The highest BCUT2D eigenvalue weighted by Crippen LogP contribution is 2.27. The van der Waals surface area contributed by atoms with Crippen LogP contribution in [0.3, 0.4) is 0 Å². The van der Waals surface area contributed by atoms with Crippen LogP contribution >= 0.6 is 0 Å². The molecule has 0 spiro atoms. The van der Waals surface area contributed by atoms with E-state index in [1.165, 1.54) is 6.42 Å². The van der Waals surface area contributed by atoms with Gasteiger partial charge in [0.1, 0.15) is 5.54 Å². The number of nitriles is 1. The van der Waals surface area contributed by atoms with Gasteiger partial charge < -0.3 is 11.1 Å². The second-order valence-electron chi connectivity index (χ2n) is 6.78. The summed E-state index contributed by atoms with van der Waals surface area (Å²) in [5.74, 6) is 0.575. The van der Waals surface area contributed by atoms with Crippen molar-refractivity contribution in [2.45, 2.75) is 63.5 Å². The molecule has 1 unspecified atom stereocenters. The molecule has 1 atom stereocenters. The SMILES string of the molecule is CC(N)C1CCN(CC(=O)NC2(C#N)CCCCC2)CC1. The van der Waals surface area contributed by atoms with E-state index in [1.54, 1.807) is 0 Å². The largest absolute Gasteiger partial charge is 0.337 e. The normalized spacial score (nSPS) is 25.0. The second-order valence-corrected chi connectivity index (χ2v) is 6.78. The Labute approximate surface area is 127 Å². The zero-order valence-corrected chi connectivity index (χ0v) is 13.1. The molecule has 2 aliphatic rings. The summed E-state index contributed by atoms with van der Waals surface area (Å²) >= 11 is 0. The third-order valence-corrected chi connectivity index (χ3v) is 5.04. The van der Waals surface area contributed by atoms with Crippen LogP contribution in [0.25, 0.3) is 0 Å². The van der Waals surface area contributed by atoms with Gasteiger partial charge in [-0.15, -0.1) is 0 Å². The van der Waals surface area contributed by atoms with Crippen LogP contribution in [-0.2, 0) is 4.79 Å². The maximum atomic E-state index is 12.2. The molecule has 1 aliphatic heterocycles. The average molecular weight is 292 g/mol. The smallest absolute Gasteiger partial charge is 0.235 e. The van der Waals surface area contributed by atoms with Crippen molar-refractivity contribution < 1.29 is 4.79 Å². The molecule has 0 bridgehead atoms. The van der Waals surface area contributed by atoms with Crippen LogP contribution in [0.15, 0.2) is 0 Å². The lowest BCUT2D eigenvalue weighted by atomic mass is 9.83. The highest BCUT2D eigenvalue weighted by molar-refractivity contribution is 5.79. The van der Waals surface area contributed by atoms with Gasteiger partial charge in [-0.1, -0.05) is 19.3 Å². The molecule has 21 heavy (non-hydrogen) atoms. The minimum Gasteiger partial charge on any atom is -0.337 e. The number of hydrogen-bond acceptors (Lipinski definition) is 4. The van der Waals surface area contributed by atoms with E-state index in [2.05, 4.69) is 23.2 Å². The molecule has 2 fully saturated rings. The third-order valence-electron chi connectivity index (χ3n) is 5.04. The highest BCUT2D eigenvalue weighted by atomic mass is 16.2. The van der Waals surface area contributed by atoms with Crippen molar-refractivity contribution in [3.8, 4) is 6.07 Å². The molecule has 1 heterocycles. The molecule has 0 aromatic carbocycles. The lowest BCUT2D eigenvalue weighted by Crippen LogP contribution is -2.52. The monoisotopic (exact) mass is 292 g/mol. The van der Waals surface area contributed by atoms with Gasteiger partial charge in [-0.05, 0) is 51.6 Å². The Hall–Kier alpha value is -1.12. The number of nitrogens with zero attached hydrogens (tertiary/aromatic N) is 2. The maximum absolute atomic E-state index is 12.2. The first-order valence-electron chi connectivity index (χ1n) is 8.25. The first-order chi connectivity index (χ1) is 10.0. The zero-order chi connectivity index (χ0) is 15.3. The molecule has 1 saturated carbocycles. The van der Waals surface area contributed by atoms with Crippen molar-refractivity contribution in [3.05, 3.63) is 0 Å². The van der Waals surface area contributed by atoms with Gasteiger partial charge in [0.15, 0.2) is 0 Å². The topological polar surface area (TPSA) is 82.2 Å². The lowest BCUT2D eigenvalue weighted by molar-refractivity contribution is -0.124. The number of rotatable bonds is 4. The van der Waals surface area contributed by atoms with E-state index in [4.69, 9.17) is 5.73 Å². The van der Waals surface area contributed by atoms with E-state index >= 15 is 0 Å². The number of amides is 1. The van der Waals surface area contributed by atoms with Gasteiger partial charge in [-0.2, -0.15) is 5.26 Å². The Kier molecular flexibility index (Phi) is 5.60. The second kappa shape index (κ2) is 7.24. The molecular formula is C16H28N4O. The summed E-state index contributed by atoms with van der Waals surface area (Å²) in [5.41, 5.74) is 5.33. The van der Waals surface area contributed by atoms with Crippen LogP contribution in [0.4, 0.5) is 0 Å². The molecule has 0 radical (unpaired) electrons. The van der Waals surface area contributed by atoms with Gasteiger partial charge in [0.05, 0.1) is 12.6 Å². The molecule has 118 valence electrons. The van der Waals surface area contributed by atoms with Crippen molar-refractivity contribution in [1.82, 2.24) is 10.2 Å². The van der Waals surface area contributed by atoms with Gasteiger partial charge in [-0.3, -0.25) is 9.69 Å². The summed E-state index contributed by atoms with van der Waals surface area (Å²) in [6, 6.07) is 2.58. The van der Waals surface area contributed by atoms with Crippen molar-refractivity contribution in [2.24, 2.45) is 11.7 Å². The van der Waals surface area contributed by atoms with Gasteiger partial charge in [0.2, 0.25) is 5.91 Å². The van der Waals surface area contributed by atoms with E-state index in [9.17, 15) is 10.1 Å². The number of carbonyl (C=O) groups excluding carboxylic acids is 1. The minimum atomic E-state index is -0.612. The fourth-order valence-electron chi connectivity index (χ4n) is 3.57. The summed E-state index contributed by atoms with van der Waals surface area (Å²) in [4.78, 5) is 14.4. The average Bonchev–Trinajstić information content (AvgIpc) is 2.48. The zero-order valence-electron chi connectivity index (χ0n) is 13.1. The van der Waals surface area contributed by atoms with E-state index in [1.807, 2.05) is 0 Å². The number of nitrogens with two attached hydrogens (primary N) is 1. The molecule has 5 nitrogen and oxygen atoms in total. The number of piperidine rings is 1. The van der Waals surface area contributed by atoms with Gasteiger partial charge in [0, 0.05) is 6.04 Å². The molecule has 1 amide bonds. The highest BCUT2D eigenvalue weighted by Gasteiger charge is 2.34. The van der Waals surface area contributed by atoms with Gasteiger partial charge >= 0.3 is 0 Å². The Bertz CT molecular complexity index is 388. The summed E-state index contributed by atoms with van der Waals surface area (Å²) in [6.45, 7) is 4.33. The third kappa shape index (κ3) is 4.42. The Morgan fingerprint density at radius 1 is 1.38 bits per heavy atom. The lowest BCUT2D eigenvalue weighted by Gasteiger charge is -2.35. The van der Waals surface area contributed by atoms with Gasteiger partial charge in [0.25, 0.3) is 0 Å². The van der Waals surface area contributed by atoms with Crippen LogP contribution in [0.2, 0.25) is 0 Å². The fraction of sp³-hybridized carbons (Fsp3) is 0.875. The summed E-state index contributed by atoms with van der Waals surface area (Å²) in [5, 5.41) is 12.4. The Morgan fingerprint density at radius 2 is 2.00 bits per heavy atom. The van der Waals surface area contributed by atoms with Crippen LogP contribution in [-0.4, -0.2) is 42.0 Å². The predicted octanol–water partition coefficient (Wildman–Crippen LogP) is 1.39. The van der Waals surface area contributed by atoms with Crippen molar-refractivity contribution in [2.75, 3.05) is 19.6 Å². The maximum Gasteiger partial charge on any atom is 0.235 e. The molecule has 1 saturated heterocycles. The Balaban J connectivity index is 1.78. The van der Waals surface area contributed by atoms with Crippen LogP contribution in [0.1, 0.15) is 51.9 Å². The molecule has 2 rings (SSSR count). The van der Waals surface area contributed by atoms with Crippen LogP contribution < -0.4 is 11.1 Å². The molecule has 0 aromatic rings. The summed E-state index contributed by atoms with van der Waals surface area (Å²) in [6.07, 6.45) is 6.96. The van der Waals surface area contributed by atoms with Crippen molar-refractivity contribution >= 4 is 5.91 Å². The molecule has 1 aliphatic carbocycles. The summed E-state index contributed by atoms with van der Waals surface area (Å²) < 4.78 is 0. The quantitative estimate of drug-likeness (QED) is 0.820.